The van der Waals surface area contributed by atoms with Crippen LogP contribution in [-0.4, -0.2) is 23.2 Å². The summed E-state index contributed by atoms with van der Waals surface area (Å²) in [5.74, 6) is 0. The SMILES string of the molecule is CC(C)(CCCO)CNCc1ccc([N+](=O)[O-])cc1Cl. The zero-order chi connectivity index (χ0) is 15.2. The highest BCUT2D eigenvalue weighted by molar-refractivity contribution is 6.31. The summed E-state index contributed by atoms with van der Waals surface area (Å²) in [4.78, 5) is 10.2. The van der Waals surface area contributed by atoms with Gasteiger partial charge in [-0.1, -0.05) is 25.4 Å². The maximum absolute atomic E-state index is 10.6. The van der Waals surface area contributed by atoms with Gasteiger partial charge in [-0.2, -0.15) is 0 Å². The van der Waals surface area contributed by atoms with Crippen LogP contribution in [0, 0.1) is 15.5 Å². The highest BCUT2D eigenvalue weighted by Gasteiger charge is 2.17. The average molecular weight is 301 g/mol. The summed E-state index contributed by atoms with van der Waals surface area (Å²) in [5.41, 5.74) is 0.938. The van der Waals surface area contributed by atoms with Crippen LogP contribution in [0.5, 0.6) is 0 Å². The number of nitro benzene ring substituents is 1. The summed E-state index contributed by atoms with van der Waals surface area (Å²) in [7, 11) is 0. The number of hydrogen-bond acceptors (Lipinski definition) is 4. The lowest BCUT2D eigenvalue weighted by Gasteiger charge is -2.24. The first-order valence-corrected chi connectivity index (χ1v) is 6.98. The van der Waals surface area contributed by atoms with Gasteiger partial charge in [0.2, 0.25) is 0 Å². The van der Waals surface area contributed by atoms with Gasteiger partial charge in [0.25, 0.3) is 5.69 Å². The number of rotatable bonds is 8. The molecule has 20 heavy (non-hydrogen) atoms. The number of nitro groups is 1. The number of nitrogens with zero attached hydrogens (tertiary/aromatic N) is 1. The highest BCUT2D eigenvalue weighted by Crippen LogP contribution is 2.24. The molecule has 0 aliphatic heterocycles. The molecule has 0 radical (unpaired) electrons. The minimum atomic E-state index is -0.457. The topological polar surface area (TPSA) is 75.4 Å². The number of aliphatic hydroxyl groups excluding tert-OH is 1. The standard InChI is InChI=1S/C14H21ClN2O3/c1-14(2,6-3-7-18)10-16-9-11-4-5-12(17(19)20)8-13(11)15/h4-5,8,16,18H,3,6-7,9-10H2,1-2H3. The molecular weight excluding hydrogens is 280 g/mol. The normalized spacial score (nSPS) is 11.6. The van der Waals surface area contributed by atoms with Gasteiger partial charge < -0.3 is 10.4 Å². The molecule has 0 aliphatic rings. The molecule has 0 saturated heterocycles. The van der Waals surface area contributed by atoms with Crippen LogP contribution in [0.2, 0.25) is 5.02 Å². The molecule has 1 aromatic carbocycles. The molecule has 0 unspecified atom stereocenters. The lowest BCUT2D eigenvalue weighted by atomic mass is 9.88. The van der Waals surface area contributed by atoms with Gasteiger partial charge in [-0.25, -0.2) is 0 Å². The second-order valence-electron chi connectivity index (χ2n) is 5.63. The molecule has 5 nitrogen and oxygen atoms in total. The first-order chi connectivity index (χ1) is 9.35. The third kappa shape index (κ3) is 5.45. The van der Waals surface area contributed by atoms with Crippen molar-refractivity contribution in [2.75, 3.05) is 13.2 Å². The maximum Gasteiger partial charge on any atom is 0.270 e. The second kappa shape index (κ2) is 7.57. The molecule has 0 amide bonds. The van der Waals surface area contributed by atoms with Crippen molar-refractivity contribution in [2.24, 2.45) is 5.41 Å². The molecule has 0 saturated carbocycles. The van der Waals surface area contributed by atoms with Crippen LogP contribution < -0.4 is 5.32 Å². The van der Waals surface area contributed by atoms with E-state index in [0.29, 0.717) is 11.6 Å². The average Bonchev–Trinajstić information content (AvgIpc) is 2.38. The summed E-state index contributed by atoms with van der Waals surface area (Å²) < 4.78 is 0. The molecule has 0 spiro atoms. The molecule has 0 bridgehead atoms. The van der Waals surface area contributed by atoms with Crippen molar-refractivity contribution in [3.63, 3.8) is 0 Å². The predicted molar refractivity (Wildman–Crippen MR) is 79.9 cm³/mol. The first-order valence-electron chi connectivity index (χ1n) is 6.60. The quantitative estimate of drug-likeness (QED) is 0.571. The molecule has 0 atom stereocenters. The number of aliphatic hydroxyl groups is 1. The van der Waals surface area contributed by atoms with Crippen LogP contribution in [-0.2, 0) is 6.54 Å². The van der Waals surface area contributed by atoms with E-state index in [2.05, 4.69) is 19.2 Å². The lowest BCUT2D eigenvalue weighted by molar-refractivity contribution is -0.384. The van der Waals surface area contributed by atoms with E-state index in [9.17, 15) is 10.1 Å². The minimum absolute atomic E-state index is 0.00188. The van der Waals surface area contributed by atoms with Gasteiger partial charge in [-0.05, 0) is 29.9 Å². The van der Waals surface area contributed by atoms with Crippen LogP contribution in [0.4, 0.5) is 5.69 Å². The van der Waals surface area contributed by atoms with Gasteiger partial charge in [0.1, 0.15) is 0 Å². The largest absolute Gasteiger partial charge is 0.396 e. The number of nitrogens with one attached hydrogen (secondary N) is 1. The van der Waals surface area contributed by atoms with E-state index >= 15 is 0 Å². The smallest absolute Gasteiger partial charge is 0.270 e. The zero-order valence-electron chi connectivity index (χ0n) is 11.9. The first kappa shape index (κ1) is 16.9. The molecule has 0 fully saturated rings. The van der Waals surface area contributed by atoms with E-state index in [-0.39, 0.29) is 17.7 Å². The van der Waals surface area contributed by atoms with Crippen molar-refractivity contribution in [1.29, 1.82) is 0 Å². The molecule has 1 aromatic rings. The Labute approximate surface area is 124 Å². The maximum atomic E-state index is 10.6. The molecular formula is C14H21ClN2O3. The van der Waals surface area contributed by atoms with E-state index in [4.69, 9.17) is 16.7 Å². The van der Waals surface area contributed by atoms with Gasteiger partial charge >= 0.3 is 0 Å². The van der Waals surface area contributed by atoms with Gasteiger partial charge in [0.15, 0.2) is 0 Å². The van der Waals surface area contributed by atoms with E-state index in [1.807, 2.05) is 0 Å². The summed E-state index contributed by atoms with van der Waals surface area (Å²) in [6.45, 7) is 5.83. The minimum Gasteiger partial charge on any atom is -0.396 e. The molecule has 0 aromatic heterocycles. The van der Waals surface area contributed by atoms with Crippen molar-refractivity contribution in [2.45, 2.75) is 33.2 Å². The Morgan fingerprint density at radius 1 is 1.45 bits per heavy atom. The van der Waals surface area contributed by atoms with Crippen LogP contribution in [0.1, 0.15) is 32.3 Å². The monoisotopic (exact) mass is 300 g/mol. The van der Waals surface area contributed by atoms with Gasteiger partial charge in [-0.3, -0.25) is 10.1 Å². The van der Waals surface area contributed by atoms with Crippen LogP contribution in [0.15, 0.2) is 18.2 Å². The van der Waals surface area contributed by atoms with E-state index in [0.717, 1.165) is 24.9 Å². The Hall–Kier alpha value is -1.17. The molecule has 0 heterocycles. The molecule has 0 aliphatic carbocycles. The summed E-state index contributed by atoms with van der Waals surface area (Å²) in [6.07, 6.45) is 1.72. The van der Waals surface area contributed by atoms with Gasteiger partial charge in [-0.15, -0.1) is 0 Å². The van der Waals surface area contributed by atoms with E-state index < -0.39 is 4.92 Å². The number of benzene rings is 1. The fraction of sp³-hybridized carbons (Fsp3) is 0.571. The lowest BCUT2D eigenvalue weighted by Crippen LogP contribution is -2.29. The summed E-state index contributed by atoms with van der Waals surface area (Å²) in [5, 5.41) is 23.2. The molecule has 112 valence electrons. The Kier molecular flexibility index (Phi) is 6.39. The zero-order valence-corrected chi connectivity index (χ0v) is 12.6. The summed E-state index contributed by atoms with van der Waals surface area (Å²) >= 11 is 6.03. The fourth-order valence-corrected chi connectivity index (χ4v) is 2.22. The predicted octanol–water partition coefficient (Wildman–Crippen LogP) is 3.14. The number of non-ortho nitro benzene ring substituents is 1. The Balaban J connectivity index is 2.52. The number of halogens is 1. The Morgan fingerprint density at radius 2 is 2.15 bits per heavy atom. The second-order valence-corrected chi connectivity index (χ2v) is 6.03. The van der Waals surface area contributed by atoms with Gasteiger partial charge in [0, 0.05) is 31.8 Å². The molecule has 1 rings (SSSR count). The molecule has 6 heteroatoms. The van der Waals surface area contributed by atoms with Crippen molar-refractivity contribution < 1.29 is 10.0 Å². The van der Waals surface area contributed by atoms with Crippen molar-refractivity contribution in [1.82, 2.24) is 5.32 Å². The Morgan fingerprint density at radius 3 is 2.70 bits per heavy atom. The van der Waals surface area contributed by atoms with Crippen LogP contribution in [0.3, 0.4) is 0 Å². The number of hydrogen-bond donors (Lipinski definition) is 2. The third-order valence-corrected chi connectivity index (χ3v) is 3.53. The fourth-order valence-electron chi connectivity index (χ4n) is 1.97. The Bertz CT molecular complexity index is 464. The van der Waals surface area contributed by atoms with Crippen molar-refractivity contribution in [3.05, 3.63) is 38.9 Å². The van der Waals surface area contributed by atoms with Crippen molar-refractivity contribution >= 4 is 17.3 Å². The van der Waals surface area contributed by atoms with Crippen LogP contribution >= 0.6 is 11.6 Å². The van der Waals surface area contributed by atoms with Gasteiger partial charge in [0.05, 0.1) is 9.95 Å². The van der Waals surface area contributed by atoms with Crippen molar-refractivity contribution in [3.8, 4) is 0 Å². The third-order valence-electron chi connectivity index (χ3n) is 3.18. The highest BCUT2D eigenvalue weighted by atomic mass is 35.5. The van der Waals surface area contributed by atoms with E-state index in [1.54, 1.807) is 6.07 Å². The van der Waals surface area contributed by atoms with Crippen LogP contribution in [0.25, 0.3) is 0 Å². The molecule has 2 N–H and O–H groups in total. The summed E-state index contributed by atoms with van der Waals surface area (Å²) in [6, 6.07) is 4.50. The van der Waals surface area contributed by atoms with E-state index in [1.165, 1.54) is 12.1 Å².